The Hall–Kier alpha value is -1.66. The molecule has 1 aromatic carbocycles. The topological polar surface area (TPSA) is 90.1 Å². The van der Waals surface area contributed by atoms with Gasteiger partial charge in [0.15, 0.2) is 11.4 Å². The number of anilines is 1. The Balaban J connectivity index is 2.41. The lowest BCUT2D eigenvalue weighted by Crippen LogP contribution is -2.14. The van der Waals surface area contributed by atoms with Crippen LogP contribution in [0.15, 0.2) is 21.1 Å². The molecule has 0 spiro atoms. The van der Waals surface area contributed by atoms with Crippen molar-refractivity contribution in [1.29, 1.82) is 0 Å². The van der Waals surface area contributed by atoms with Gasteiger partial charge in [0.2, 0.25) is 0 Å². The smallest absolute Gasteiger partial charge is 0.319 e. The number of amides is 1. The van der Waals surface area contributed by atoms with Crippen molar-refractivity contribution in [1.82, 2.24) is 9.78 Å². The van der Waals surface area contributed by atoms with E-state index in [0.717, 1.165) is 19.2 Å². The number of halogens is 6. The summed E-state index contributed by atoms with van der Waals surface area (Å²) in [5.41, 5.74) is -2.08. The molecule has 1 aromatic heterocycles. The van der Waals surface area contributed by atoms with Gasteiger partial charge in [0.25, 0.3) is 11.6 Å². The van der Waals surface area contributed by atoms with Crippen LogP contribution in [0.3, 0.4) is 0 Å². The van der Waals surface area contributed by atoms with Crippen LogP contribution in [-0.4, -0.2) is 20.6 Å². The van der Waals surface area contributed by atoms with Gasteiger partial charge in [-0.05, 0) is 31.9 Å². The van der Waals surface area contributed by atoms with Crippen LogP contribution in [0.4, 0.5) is 24.5 Å². The fourth-order valence-corrected chi connectivity index (χ4v) is 3.62. The molecule has 2 aromatic rings. The summed E-state index contributed by atoms with van der Waals surface area (Å²) < 4.78 is 39.5. The zero-order valence-electron chi connectivity index (χ0n) is 12.0. The van der Waals surface area contributed by atoms with E-state index in [1.165, 1.54) is 0 Å². The number of hydrogen-bond donors (Lipinski definition) is 1. The maximum atomic E-state index is 12.9. The van der Waals surface area contributed by atoms with Gasteiger partial charge >= 0.3 is 6.18 Å². The molecule has 1 amide bonds. The molecule has 0 unspecified atom stereocenters. The van der Waals surface area contributed by atoms with E-state index in [-0.39, 0.29) is 20.3 Å². The highest BCUT2D eigenvalue weighted by molar-refractivity contribution is 9.11. The Morgan fingerprint density at radius 3 is 2.28 bits per heavy atom. The normalized spacial score (nSPS) is 11.5. The molecular weight excluding hydrogens is 500 g/mol. The zero-order valence-corrected chi connectivity index (χ0v) is 15.9. The van der Waals surface area contributed by atoms with Crippen LogP contribution < -0.4 is 5.32 Å². The van der Waals surface area contributed by atoms with E-state index in [1.807, 2.05) is 0 Å². The Bertz CT molecular complexity index is 862. The van der Waals surface area contributed by atoms with Crippen molar-refractivity contribution in [3.63, 3.8) is 0 Å². The van der Waals surface area contributed by atoms with Crippen LogP contribution in [0.5, 0.6) is 0 Å². The monoisotopic (exact) mass is 504 g/mol. The van der Waals surface area contributed by atoms with Crippen LogP contribution >= 0.6 is 43.5 Å². The van der Waals surface area contributed by atoms with Crippen LogP contribution in [-0.2, 0) is 13.2 Å². The third-order valence-electron chi connectivity index (χ3n) is 2.95. The lowest BCUT2D eigenvalue weighted by atomic mass is 10.2. The van der Waals surface area contributed by atoms with E-state index < -0.39 is 33.4 Å². The Kier molecular flexibility index (Phi) is 5.44. The van der Waals surface area contributed by atoms with Gasteiger partial charge in [-0.25, -0.2) is 0 Å². The molecule has 13 heteroatoms. The third kappa shape index (κ3) is 3.96. The summed E-state index contributed by atoms with van der Waals surface area (Å²) in [7, 11) is 1.00. The number of non-ortho nitro benzene ring substituents is 1. The minimum atomic E-state index is -4.79. The molecule has 0 saturated carbocycles. The van der Waals surface area contributed by atoms with Gasteiger partial charge in [-0.3, -0.25) is 19.6 Å². The summed E-state index contributed by atoms with van der Waals surface area (Å²) in [6.07, 6.45) is -4.79. The zero-order chi connectivity index (χ0) is 19.1. The fraction of sp³-hybridized carbons (Fsp3) is 0.167. The molecule has 0 radical (unpaired) electrons. The summed E-state index contributed by atoms with van der Waals surface area (Å²) >= 11 is 11.7. The third-order valence-corrected chi connectivity index (χ3v) is 4.56. The van der Waals surface area contributed by atoms with Crippen LogP contribution in [0.2, 0.25) is 5.02 Å². The van der Waals surface area contributed by atoms with Crippen molar-refractivity contribution in [3.8, 4) is 0 Å². The number of nitro groups is 1. The van der Waals surface area contributed by atoms with E-state index in [2.05, 4.69) is 42.3 Å². The first-order chi connectivity index (χ1) is 11.4. The first-order valence-electron chi connectivity index (χ1n) is 6.18. The van der Waals surface area contributed by atoms with E-state index >= 15 is 0 Å². The molecule has 7 nitrogen and oxygen atoms in total. The number of nitro benzene ring substituents is 1. The van der Waals surface area contributed by atoms with Gasteiger partial charge in [-0.2, -0.15) is 18.3 Å². The number of hydrogen-bond acceptors (Lipinski definition) is 4. The number of aryl methyl sites for hydroxylation is 1. The summed E-state index contributed by atoms with van der Waals surface area (Å²) in [6.45, 7) is 0. The second kappa shape index (κ2) is 6.92. The van der Waals surface area contributed by atoms with Crippen LogP contribution in [0, 0.1) is 10.1 Å². The molecule has 0 atom stereocenters. The highest BCUT2D eigenvalue weighted by Crippen LogP contribution is 2.38. The number of carbonyl (C=O) groups is 1. The molecule has 1 heterocycles. The summed E-state index contributed by atoms with van der Waals surface area (Å²) in [6, 6.07) is 2.25. The number of benzene rings is 1. The lowest BCUT2D eigenvalue weighted by Gasteiger charge is -2.09. The fourth-order valence-electron chi connectivity index (χ4n) is 1.91. The standard InChI is InChI=1S/C12H6Br2ClF3N4O3/c1-21-10(12(16,17)18)7(15)9(20-21)11(23)19-8-5(13)2-4(22(24)25)3-6(8)14/h2-3H,1H3,(H,19,23). The van der Waals surface area contributed by atoms with Crippen LogP contribution in [0.1, 0.15) is 16.2 Å². The maximum absolute atomic E-state index is 12.9. The summed E-state index contributed by atoms with van der Waals surface area (Å²) in [4.78, 5) is 22.4. The summed E-state index contributed by atoms with van der Waals surface area (Å²) in [5, 5.41) is 15.7. The number of carbonyl (C=O) groups excluding carboxylic acids is 1. The number of rotatable bonds is 3. The average molecular weight is 506 g/mol. The van der Waals surface area contributed by atoms with E-state index in [1.54, 1.807) is 0 Å². The van der Waals surface area contributed by atoms with E-state index in [9.17, 15) is 28.1 Å². The van der Waals surface area contributed by atoms with Gasteiger partial charge in [-0.15, -0.1) is 0 Å². The minimum absolute atomic E-state index is 0.0749. The molecule has 25 heavy (non-hydrogen) atoms. The van der Waals surface area contributed by atoms with Crippen molar-refractivity contribution in [2.45, 2.75) is 6.18 Å². The van der Waals surface area contributed by atoms with E-state index in [4.69, 9.17) is 11.6 Å². The Labute approximate surface area is 159 Å². The second-order valence-electron chi connectivity index (χ2n) is 4.63. The molecule has 0 fully saturated rings. The van der Waals surface area contributed by atoms with Gasteiger partial charge in [-0.1, -0.05) is 11.6 Å². The first kappa shape index (κ1) is 19.7. The number of nitrogens with zero attached hydrogens (tertiary/aromatic N) is 3. The van der Waals surface area contributed by atoms with Crippen molar-refractivity contribution in [3.05, 3.63) is 47.6 Å². The van der Waals surface area contributed by atoms with Gasteiger partial charge in [0.05, 0.1) is 10.6 Å². The SMILES string of the molecule is Cn1nc(C(=O)Nc2c(Br)cc([N+](=O)[O-])cc2Br)c(Cl)c1C(F)(F)F. The van der Waals surface area contributed by atoms with E-state index in [0.29, 0.717) is 4.68 Å². The van der Waals surface area contributed by atoms with Crippen molar-refractivity contribution in [2.24, 2.45) is 7.05 Å². The molecule has 134 valence electrons. The lowest BCUT2D eigenvalue weighted by molar-refractivity contribution is -0.385. The predicted molar refractivity (Wildman–Crippen MR) is 89.7 cm³/mol. The van der Waals surface area contributed by atoms with Crippen LogP contribution in [0.25, 0.3) is 0 Å². The molecule has 1 N–H and O–H groups in total. The highest BCUT2D eigenvalue weighted by Gasteiger charge is 2.40. The number of aromatic nitrogens is 2. The van der Waals surface area contributed by atoms with Crippen molar-refractivity contribution < 1.29 is 22.9 Å². The van der Waals surface area contributed by atoms with Crippen molar-refractivity contribution in [2.75, 3.05) is 5.32 Å². The van der Waals surface area contributed by atoms with Crippen molar-refractivity contribution >= 4 is 60.7 Å². The number of nitrogens with one attached hydrogen (secondary N) is 1. The molecule has 2 rings (SSSR count). The first-order valence-corrected chi connectivity index (χ1v) is 8.14. The Morgan fingerprint density at radius 2 is 1.88 bits per heavy atom. The second-order valence-corrected chi connectivity index (χ2v) is 6.71. The number of alkyl halides is 3. The molecule has 0 saturated heterocycles. The minimum Gasteiger partial charge on any atom is -0.319 e. The van der Waals surface area contributed by atoms with Gasteiger partial charge < -0.3 is 5.32 Å². The molecule has 0 aliphatic rings. The largest absolute Gasteiger partial charge is 0.434 e. The maximum Gasteiger partial charge on any atom is 0.434 e. The van der Waals surface area contributed by atoms with Gasteiger partial charge in [0, 0.05) is 28.1 Å². The quantitative estimate of drug-likeness (QED) is 0.480. The molecule has 0 aliphatic carbocycles. The average Bonchev–Trinajstić information content (AvgIpc) is 2.77. The molecule has 0 bridgehead atoms. The Morgan fingerprint density at radius 1 is 1.36 bits per heavy atom. The van der Waals surface area contributed by atoms with Gasteiger partial charge in [0.1, 0.15) is 5.02 Å². The summed E-state index contributed by atoms with van der Waals surface area (Å²) in [5.74, 6) is -1.01. The molecule has 0 aliphatic heterocycles. The predicted octanol–water partition coefficient (Wildman–Crippen LogP) is 4.78. The highest BCUT2D eigenvalue weighted by atomic mass is 79.9. The molecular formula is C12H6Br2ClF3N4O3.